The fraction of sp³-hybridized carbons (Fsp3) is 0.378. The fourth-order valence-corrected chi connectivity index (χ4v) is 4.67. The molecule has 0 amide bonds. The molecule has 3 rings (SSSR count). The van der Waals surface area contributed by atoms with E-state index < -0.39 is 0 Å². The van der Waals surface area contributed by atoms with Crippen molar-refractivity contribution in [3.8, 4) is 11.3 Å². The third-order valence-corrected chi connectivity index (χ3v) is 6.49. The van der Waals surface area contributed by atoms with Crippen LogP contribution in [-0.4, -0.2) is 4.98 Å². The lowest BCUT2D eigenvalue weighted by atomic mass is 9.91. The maximum absolute atomic E-state index is 5.20. The molecule has 0 saturated carbocycles. The van der Waals surface area contributed by atoms with Crippen LogP contribution >= 0.6 is 0 Å². The van der Waals surface area contributed by atoms with Crippen molar-refractivity contribution in [3.63, 3.8) is 0 Å². The van der Waals surface area contributed by atoms with Gasteiger partial charge in [-0.15, -0.1) is 13.2 Å². The summed E-state index contributed by atoms with van der Waals surface area (Å²) in [7, 11) is 0. The van der Waals surface area contributed by atoms with Gasteiger partial charge in [-0.2, -0.15) is 0 Å². The van der Waals surface area contributed by atoms with Gasteiger partial charge in [0.25, 0.3) is 0 Å². The molecule has 0 bridgehead atoms. The lowest BCUT2D eigenvalue weighted by Gasteiger charge is -2.27. The van der Waals surface area contributed by atoms with E-state index in [2.05, 4.69) is 146 Å². The highest BCUT2D eigenvalue weighted by molar-refractivity contribution is 5.61. The Bertz CT molecular complexity index is 1150. The summed E-state index contributed by atoms with van der Waals surface area (Å²) in [5.41, 5.74) is 9.69. The largest absolute Gasteiger partial charge is 0.376 e. The van der Waals surface area contributed by atoms with Crippen LogP contribution in [0.2, 0.25) is 0 Å². The second-order valence-electron chi connectivity index (χ2n) is 10.2. The minimum atomic E-state index is -0.0277. The van der Waals surface area contributed by atoms with Gasteiger partial charge in [0.2, 0.25) is 0 Å². The maximum Gasteiger partial charge on any atom is 0.0938 e. The summed E-state index contributed by atoms with van der Waals surface area (Å²) in [5, 5.41) is 3.99. The first-order valence-corrected chi connectivity index (χ1v) is 14.5. The Kier molecular flexibility index (Phi) is 15.5. The molecule has 2 unspecified atom stereocenters. The number of benzene rings is 2. The molecule has 2 heteroatoms. The van der Waals surface area contributed by atoms with Gasteiger partial charge < -0.3 is 5.32 Å². The van der Waals surface area contributed by atoms with Gasteiger partial charge in [0.1, 0.15) is 0 Å². The average molecular weight is 525 g/mol. The molecule has 0 aliphatic rings. The zero-order valence-electron chi connectivity index (χ0n) is 26.0. The van der Waals surface area contributed by atoms with Gasteiger partial charge in [0, 0.05) is 11.3 Å². The highest BCUT2D eigenvalue weighted by Crippen LogP contribution is 2.30. The molecule has 2 nitrogen and oxygen atoms in total. The van der Waals surface area contributed by atoms with Crippen LogP contribution in [0.3, 0.4) is 0 Å². The van der Waals surface area contributed by atoms with Crippen molar-refractivity contribution in [1.82, 2.24) is 10.3 Å². The van der Waals surface area contributed by atoms with Crippen LogP contribution in [0.25, 0.3) is 11.3 Å². The van der Waals surface area contributed by atoms with Gasteiger partial charge in [-0.05, 0) is 80.9 Å². The minimum absolute atomic E-state index is 0.0277. The van der Waals surface area contributed by atoms with Crippen LogP contribution in [-0.2, 0) is 0 Å². The zero-order chi connectivity index (χ0) is 29.4. The summed E-state index contributed by atoms with van der Waals surface area (Å²) in [6, 6.07) is 23.8. The zero-order valence-corrected chi connectivity index (χ0v) is 26.0. The van der Waals surface area contributed by atoms with E-state index in [4.69, 9.17) is 4.98 Å². The van der Waals surface area contributed by atoms with Crippen LogP contribution in [0.5, 0.6) is 0 Å². The van der Waals surface area contributed by atoms with Crippen molar-refractivity contribution in [1.29, 1.82) is 0 Å². The second kappa shape index (κ2) is 18.0. The Hall–Kier alpha value is -3.39. The second-order valence-corrected chi connectivity index (χ2v) is 10.2. The predicted molar refractivity (Wildman–Crippen MR) is 174 cm³/mol. The molecule has 0 aliphatic heterocycles. The van der Waals surface area contributed by atoms with Gasteiger partial charge in [0.05, 0.1) is 17.4 Å². The van der Waals surface area contributed by atoms with Crippen LogP contribution in [0.15, 0.2) is 103 Å². The van der Waals surface area contributed by atoms with Crippen LogP contribution in [0.1, 0.15) is 89.7 Å². The topological polar surface area (TPSA) is 24.9 Å². The van der Waals surface area contributed by atoms with Crippen LogP contribution in [0, 0.1) is 25.7 Å². The number of aryl methyl sites for hydroxylation is 2. The maximum atomic E-state index is 5.20. The summed E-state index contributed by atoms with van der Waals surface area (Å²) in [4.78, 5) is 5.20. The van der Waals surface area contributed by atoms with Gasteiger partial charge in [-0.25, -0.2) is 0 Å². The normalized spacial score (nSPS) is 13.0. The molecule has 1 heterocycles. The number of aromatic nitrogens is 1. The molecule has 210 valence electrons. The lowest BCUT2D eigenvalue weighted by molar-refractivity contribution is 0.547. The number of allylic oxidation sites excluding steroid dienone is 4. The number of pyridine rings is 1. The van der Waals surface area contributed by atoms with E-state index >= 15 is 0 Å². The van der Waals surface area contributed by atoms with E-state index in [1.807, 2.05) is 13.8 Å². The molecule has 0 fully saturated rings. The summed E-state index contributed by atoms with van der Waals surface area (Å²) >= 11 is 0. The number of nitrogens with one attached hydrogen (secondary N) is 1. The Morgan fingerprint density at radius 1 is 0.897 bits per heavy atom. The molecule has 0 radical (unpaired) electrons. The molecular weight excluding hydrogens is 472 g/mol. The number of rotatable bonds is 10. The number of hydrogen-bond acceptors (Lipinski definition) is 2. The molecule has 2 aromatic carbocycles. The van der Waals surface area contributed by atoms with E-state index in [9.17, 15) is 0 Å². The molecule has 2 atom stereocenters. The SMILES string of the molecule is C/C=C\C(=C(/CC(C)C)NC(c1ccccc1)c1cccc(-c2cc(C)cc(C)c2)n1)C(C)CC.C=C.CC. The fourth-order valence-electron chi connectivity index (χ4n) is 4.67. The van der Waals surface area contributed by atoms with E-state index in [1.54, 1.807) is 0 Å². The molecule has 39 heavy (non-hydrogen) atoms. The quantitative estimate of drug-likeness (QED) is 0.211. The molecule has 0 saturated heterocycles. The third kappa shape index (κ3) is 10.4. The van der Waals surface area contributed by atoms with Crippen molar-refractivity contribution in [2.24, 2.45) is 11.8 Å². The highest BCUT2D eigenvalue weighted by Gasteiger charge is 2.21. The molecule has 3 aromatic rings. The summed E-state index contributed by atoms with van der Waals surface area (Å²) in [6.45, 7) is 25.6. The first-order chi connectivity index (χ1) is 18.8. The minimum Gasteiger partial charge on any atom is -0.376 e. The van der Waals surface area contributed by atoms with Gasteiger partial charge in [-0.1, -0.05) is 107 Å². The van der Waals surface area contributed by atoms with E-state index in [0.717, 1.165) is 24.2 Å². The Morgan fingerprint density at radius 2 is 1.51 bits per heavy atom. The summed E-state index contributed by atoms with van der Waals surface area (Å²) < 4.78 is 0. The van der Waals surface area contributed by atoms with Crippen LogP contribution < -0.4 is 5.32 Å². The molecule has 1 N–H and O–H groups in total. The van der Waals surface area contributed by atoms with E-state index in [0.29, 0.717) is 11.8 Å². The molecule has 0 spiro atoms. The van der Waals surface area contributed by atoms with Crippen molar-refractivity contribution in [3.05, 3.63) is 126 Å². The van der Waals surface area contributed by atoms with Crippen molar-refractivity contribution in [2.45, 2.75) is 81.2 Å². The van der Waals surface area contributed by atoms with Crippen molar-refractivity contribution >= 4 is 0 Å². The predicted octanol–water partition coefficient (Wildman–Crippen LogP) is 10.8. The first-order valence-electron chi connectivity index (χ1n) is 14.5. The Balaban J connectivity index is 0.00000181. The van der Waals surface area contributed by atoms with Gasteiger partial charge >= 0.3 is 0 Å². The van der Waals surface area contributed by atoms with Crippen molar-refractivity contribution in [2.75, 3.05) is 0 Å². The number of nitrogens with zero attached hydrogens (tertiary/aromatic N) is 1. The summed E-state index contributed by atoms with van der Waals surface area (Å²) in [6.07, 6.45) is 6.57. The van der Waals surface area contributed by atoms with E-state index in [-0.39, 0.29) is 6.04 Å². The van der Waals surface area contributed by atoms with Crippen LogP contribution in [0.4, 0.5) is 0 Å². The Labute approximate surface area is 240 Å². The third-order valence-electron chi connectivity index (χ3n) is 6.49. The standard InChI is InChI=1S/C33H42N2.C2H6.C2H4/c1-8-14-29(26(7)9-2)32(19-23(3)4)35-33(27-15-11-10-12-16-27)31-18-13-17-30(34-31)28-21-24(5)20-25(6)22-28;2*1-2/h8,10-18,20-23,26,33,35H,9,19H2,1-7H3;1-2H3;1-2H2/b14-8-,32-29-;;. The summed E-state index contributed by atoms with van der Waals surface area (Å²) in [5.74, 6) is 1.03. The van der Waals surface area contributed by atoms with Gasteiger partial charge in [0.15, 0.2) is 0 Å². The van der Waals surface area contributed by atoms with Gasteiger partial charge in [-0.3, -0.25) is 4.98 Å². The molecule has 0 aliphatic carbocycles. The monoisotopic (exact) mass is 524 g/mol. The smallest absolute Gasteiger partial charge is 0.0938 e. The highest BCUT2D eigenvalue weighted by atomic mass is 15.0. The lowest BCUT2D eigenvalue weighted by Crippen LogP contribution is -2.26. The van der Waals surface area contributed by atoms with Crippen molar-refractivity contribution < 1.29 is 0 Å². The Morgan fingerprint density at radius 3 is 2.05 bits per heavy atom. The van der Waals surface area contributed by atoms with E-state index in [1.165, 1.54) is 33.5 Å². The first kappa shape index (κ1) is 33.6. The molecule has 1 aromatic heterocycles. The average Bonchev–Trinajstić information content (AvgIpc) is 2.95. The number of hydrogen-bond donors (Lipinski definition) is 1. The molecular formula is C37H52N2.